The van der Waals surface area contributed by atoms with Gasteiger partial charge in [-0.3, -0.25) is 14.3 Å². The van der Waals surface area contributed by atoms with Crippen molar-refractivity contribution in [3.63, 3.8) is 0 Å². The van der Waals surface area contributed by atoms with Gasteiger partial charge in [0.15, 0.2) is 0 Å². The number of aromatic hydroxyl groups is 1. The first-order valence-corrected chi connectivity index (χ1v) is 15.8. The number of nitrogens with two attached hydrogens (primary N) is 1. The summed E-state index contributed by atoms with van der Waals surface area (Å²) < 4.78 is 25.4. The standard InChI is InChI=1S/C31H35N7O6S/c1-2-15-36-21-29(40)37-27(17-22-11-13-26(39)14-12-22)30(41)35(19-24-9-6-10-25(16-24)34-45(32,43)44)20-28(37)38(36)31(42)33-18-23-7-4-3-5-8-23/h2-14,16,27-28,34,39H,1,15,17-21H2,(H,33,42)(H2,32,43,44)/t27-,28-/m0/s1. The predicted octanol–water partition coefficient (Wildman–Crippen LogP) is 1.74. The molecule has 0 aliphatic carbocycles. The molecule has 2 aliphatic rings. The number of benzene rings is 3. The van der Waals surface area contributed by atoms with Crippen molar-refractivity contribution >= 4 is 33.7 Å². The van der Waals surface area contributed by atoms with Gasteiger partial charge < -0.3 is 20.2 Å². The third-order valence-electron chi connectivity index (χ3n) is 7.59. The maximum absolute atomic E-state index is 14.1. The van der Waals surface area contributed by atoms with Crippen molar-refractivity contribution in [2.45, 2.75) is 31.7 Å². The average molecular weight is 634 g/mol. The Morgan fingerprint density at radius 2 is 1.71 bits per heavy atom. The number of rotatable bonds is 10. The lowest BCUT2D eigenvalue weighted by Gasteiger charge is -2.55. The molecule has 3 aromatic rings. The number of hydrogen-bond donors (Lipinski definition) is 4. The van der Waals surface area contributed by atoms with Crippen LogP contribution in [0.3, 0.4) is 0 Å². The number of phenols is 1. The summed E-state index contributed by atoms with van der Waals surface area (Å²) in [4.78, 5) is 44.7. The van der Waals surface area contributed by atoms with Crippen molar-refractivity contribution in [1.29, 1.82) is 0 Å². The highest BCUT2D eigenvalue weighted by molar-refractivity contribution is 7.90. The molecule has 2 saturated heterocycles. The lowest BCUT2D eigenvalue weighted by atomic mass is 9.98. The number of carbonyl (C=O) groups is 3. The quantitative estimate of drug-likeness (QED) is 0.247. The maximum atomic E-state index is 14.1. The first-order valence-electron chi connectivity index (χ1n) is 14.3. The van der Waals surface area contributed by atoms with Crippen molar-refractivity contribution in [2.24, 2.45) is 5.14 Å². The maximum Gasteiger partial charge on any atom is 0.334 e. The number of nitrogens with one attached hydrogen (secondary N) is 2. The molecule has 4 amide bonds. The van der Waals surface area contributed by atoms with Crippen LogP contribution in [0.15, 0.2) is 91.5 Å². The monoisotopic (exact) mass is 633 g/mol. The summed E-state index contributed by atoms with van der Waals surface area (Å²) in [7, 11) is -4.02. The summed E-state index contributed by atoms with van der Waals surface area (Å²) in [5.41, 5.74) is 2.45. The second kappa shape index (κ2) is 13.4. The van der Waals surface area contributed by atoms with Gasteiger partial charge in [-0.1, -0.05) is 60.7 Å². The van der Waals surface area contributed by atoms with E-state index in [-0.39, 0.29) is 62.4 Å². The Hall–Kier alpha value is -4.92. The Labute approximate surface area is 261 Å². The van der Waals surface area contributed by atoms with E-state index in [1.54, 1.807) is 46.3 Å². The molecule has 13 nitrogen and oxygen atoms in total. The number of amides is 4. The number of fused-ring (bicyclic) bond motifs is 1. The molecule has 3 aromatic carbocycles. The summed E-state index contributed by atoms with van der Waals surface area (Å²) in [6, 6.07) is 20.9. The van der Waals surface area contributed by atoms with Crippen molar-refractivity contribution in [1.82, 2.24) is 25.1 Å². The zero-order valence-electron chi connectivity index (χ0n) is 24.5. The van der Waals surface area contributed by atoms with E-state index in [1.165, 1.54) is 28.1 Å². The van der Waals surface area contributed by atoms with Crippen LogP contribution in [0.5, 0.6) is 5.75 Å². The molecule has 0 radical (unpaired) electrons. The fourth-order valence-corrected chi connectivity index (χ4v) is 6.13. The Morgan fingerprint density at radius 3 is 2.40 bits per heavy atom. The molecular formula is C31H35N7O6S. The molecule has 236 valence electrons. The predicted molar refractivity (Wildman–Crippen MR) is 167 cm³/mol. The second-order valence-electron chi connectivity index (χ2n) is 10.9. The Morgan fingerprint density at radius 1 is 1.00 bits per heavy atom. The van der Waals surface area contributed by atoms with E-state index in [2.05, 4.69) is 16.6 Å². The van der Waals surface area contributed by atoms with Crippen LogP contribution in [0.4, 0.5) is 10.5 Å². The topological polar surface area (TPSA) is 169 Å². The minimum Gasteiger partial charge on any atom is -0.508 e. The van der Waals surface area contributed by atoms with Gasteiger partial charge in [0, 0.05) is 26.1 Å². The van der Waals surface area contributed by atoms with Crippen molar-refractivity contribution < 1.29 is 27.9 Å². The van der Waals surface area contributed by atoms with Crippen LogP contribution in [0, 0.1) is 0 Å². The average Bonchev–Trinajstić information content (AvgIpc) is 2.99. The molecule has 2 atom stereocenters. The van der Waals surface area contributed by atoms with Gasteiger partial charge in [-0.05, 0) is 41.0 Å². The fraction of sp³-hybridized carbons (Fsp3) is 0.258. The molecule has 2 aliphatic heterocycles. The third kappa shape index (κ3) is 7.60. The summed E-state index contributed by atoms with van der Waals surface area (Å²) in [6.45, 7) is 4.20. The normalized spacial score (nSPS) is 18.8. The number of phenolic OH excluding ortho intramolecular Hbond substituents is 1. The first-order chi connectivity index (χ1) is 21.5. The van der Waals surface area contributed by atoms with E-state index >= 15 is 0 Å². The van der Waals surface area contributed by atoms with E-state index in [0.29, 0.717) is 11.1 Å². The van der Waals surface area contributed by atoms with Crippen molar-refractivity contribution in [2.75, 3.05) is 24.4 Å². The molecule has 5 N–H and O–H groups in total. The van der Waals surface area contributed by atoms with Gasteiger partial charge in [0.05, 0.1) is 18.8 Å². The SMILES string of the molecule is C=CCN1CC(=O)N2[C@@H](Cc3ccc(O)cc3)C(=O)N(Cc3cccc(NS(N)(=O)=O)c3)C[C@@H]2N1C(=O)NCc1ccccc1. The highest BCUT2D eigenvalue weighted by atomic mass is 32.2. The van der Waals surface area contributed by atoms with E-state index < -0.39 is 28.4 Å². The van der Waals surface area contributed by atoms with Crippen LogP contribution in [-0.2, 0) is 39.3 Å². The van der Waals surface area contributed by atoms with Gasteiger partial charge in [0.2, 0.25) is 11.8 Å². The van der Waals surface area contributed by atoms with Crippen LogP contribution >= 0.6 is 0 Å². The number of urea groups is 1. The van der Waals surface area contributed by atoms with Gasteiger partial charge in [-0.2, -0.15) is 8.42 Å². The van der Waals surface area contributed by atoms with E-state index in [9.17, 15) is 27.9 Å². The summed E-state index contributed by atoms with van der Waals surface area (Å²) in [5.74, 6) is -0.582. The zero-order chi connectivity index (χ0) is 32.1. The molecule has 0 unspecified atom stereocenters. The van der Waals surface area contributed by atoms with Crippen molar-refractivity contribution in [3.8, 4) is 5.75 Å². The van der Waals surface area contributed by atoms with Crippen LogP contribution in [0.1, 0.15) is 16.7 Å². The summed E-state index contributed by atoms with van der Waals surface area (Å²) in [6.07, 6.45) is 0.892. The molecule has 2 heterocycles. The number of hydrogen-bond acceptors (Lipinski definition) is 7. The minimum absolute atomic E-state index is 0.00407. The molecule has 0 aromatic heterocycles. The summed E-state index contributed by atoms with van der Waals surface area (Å²) >= 11 is 0. The first kappa shape index (κ1) is 31.5. The van der Waals surface area contributed by atoms with Crippen molar-refractivity contribution in [3.05, 3.63) is 108 Å². The molecule has 5 rings (SSSR count). The zero-order valence-corrected chi connectivity index (χ0v) is 25.3. The number of hydrazine groups is 1. The summed E-state index contributed by atoms with van der Waals surface area (Å²) in [5, 5.41) is 21.0. The Kier molecular flexibility index (Phi) is 9.37. The highest BCUT2D eigenvalue weighted by Crippen LogP contribution is 2.30. The molecule has 0 spiro atoms. The van der Waals surface area contributed by atoms with Gasteiger partial charge in [-0.25, -0.2) is 20.0 Å². The highest BCUT2D eigenvalue weighted by Gasteiger charge is 2.51. The van der Waals surface area contributed by atoms with Gasteiger partial charge >= 0.3 is 6.03 Å². The third-order valence-corrected chi connectivity index (χ3v) is 8.11. The second-order valence-corrected chi connectivity index (χ2v) is 12.2. The number of anilines is 1. The molecule has 14 heteroatoms. The molecule has 0 saturated carbocycles. The Balaban J connectivity index is 1.49. The van der Waals surface area contributed by atoms with Crippen LogP contribution in [0.2, 0.25) is 0 Å². The number of carbonyl (C=O) groups excluding carboxylic acids is 3. The number of piperazine rings is 1. The lowest BCUT2D eigenvalue weighted by Crippen LogP contribution is -2.76. The fourth-order valence-electron chi connectivity index (χ4n) is 5.67. The molecule has 2 fully saturated rings. The van der Waals surface area contributed by atoms with E-state index in [0.717, 1.165) is 5.56 Å². The van der Waals surface area contributed by atoms with Crippen LogP contribution in [-0.4, -0.2) is 83.0 Å². The molecule has 0 bridgehead atoms. The Bertz CT molecular complexity index is 1670. The molecular weight excluding hydrogens is 598 g/mol. The van der Waals surface area contributed by atoms with Crippen LogP contribution < -0.4 is 15.2 Å². The number of nitrogens with zero attached hydrogens (tertiary/aromatic N) is 4. The van der Waals surface area contributed by atoms with Gasteiger partial charge in [0.25, 0.3) is 10.2 Å². The lowest BCUT2D eigenvalue weighted by molar-refractivity contribution is -0.189. The largest absolute Gasteiger partial charge is 0.508 e. The van der Waals surface area contributed by atoms with Crippen LogP contribution in [0.25, 0.3) is 0 Å². The van der Waals surface area contributed by atoms with E-state index in [1.807, 2.05) is 30.3 Å². The van der Waals surface area contributed by atoms with Gasteiger partial charge in [-0.15, -0.1) is 6.58 Å². The minimum atomic E-state index is -4.02. The van der Waals surface area contributed by atoms with E-state index in [4.69, 9.17) is 5.14 Å². The smallest absolute Gasteiger partial charge is 0.334 e. The van der Waals surface area contributed by atoms with Gasteiger partial charge in [0.1, 0.15) is 18.0 Å². The molecule has 45 heavy (non-hydrogen) atoms.